The van der Waals surface area contributed by atoms with Crippen LogP contribution in [0.5, 0.6) is 11.5 Å². The van der Waals surface area contributed by atoms with Gasteiger partial charge in [-0.3, -0.25) is 4.79 Å². The van der Waals surface area contributed by atoms with Gasteiger partial charge in [-0.1, -0.05) is 0 Å². The minimum Gasteiger partial charge on any atom is -0.490 e. The lowest BCUT2D eigenvalue weighted by Gasteiger charge is -2.14. The summed E-state index contributed by atoms with van der Waals surface area (Å²) in [6.45, 7) is 6.71. The summed E-state index contributed by atoms with van der Waals surface area (Å²) in [7, 11) is 0. The zero-order valence-electron chi connectivity index (χ0n) is 11.5. The van der Waals surface area contributed by atoms with Crippen molar-refractivity contribution in [1.82, 2.24) is 5.32 Å². The Hall–Kier alpha value is -1.42. The summed E-state index contributed by atoms with van der Waals surface area (Å²) >= 11 is 5.67. The lowest BCUT2D eigenvalue weighted by molar-refractivity contribution is 0.0943. The van der Waals surface area contributed by atoms with Gasteiger partial charge in [-0.05, 0) is 39.0 Å². The number of carbonyl (C=O) groups is 1. The summed E-state index contributed by atoms with van der Waals surface area (Å²) in [4.78, 5) is 12.0. The average Bonchev–Trinajstić information content (AvgIpc) is 2.41. The summed E-state index contributed by atoms with van der Waals surface area (Å²) in [6, 6.07) is 5.07. The number of hydrogen-bond donors (Lipinski definition) is 1. The Balaban J connectivity index is 2.90. The number of hydrogen-bond acceptors (Lipinski definition) is 3. The van der Waals surface area contributed by atoms with Gasteiger partial charge >= 0.3 is 0 Å². The quantitative estimate of drug-likeness (QED) is 0.784. The number of amides is 1. The van der Waals surface area contributed by atoms with Crippen molar-refractivity contribution in [2.45, 2.75) is 26.8 Å². The molecule has 0 radical (unpaired) electrons. The number of benzene rings is 1. The first-order chi connectivity index (χ1) is 9.12. The second-order valence-electron chi connectivity index (χ2n) is 4.06. The summed E-state index contributed by atoms with van der Waals surface area (Å²) in [6.07, 6.45) is 0. The minimum absolute atomic E-state index is 0.0729. The Morgan fingerprint density at radius 3 is 2.47 bits per heavy atom. The van der Waals surface area contributed by atoms with E-state index in [1.807, 2.05) is 20.8 Å². The molecule has 0 spiro atoms. The lowest BCUT2D eigenvalue weighted by Crippen LogP contribution is -2.33. The fourth-order valence-electron chi connectivity index (χ4n) is 1.54. The molecular weight excluding hydrogens is 266 g/mol. The number of halogens is 1. The van der Waals surface area contributed by atoms with Gasteiger partial charge < -0.3 is 14.8 Å². The second-order valence-corrected chi connectivity index (χ2v) is 4.36. The van der Waals surface area contributed by atoms with Crippen LogP contribution >= 0.6 is 11.6 Å². The molecule has 0 aliphatic rings. The molecule has 0 aromatic heterocycles. The Kier molecular flexibility index (Phi) is 6.50. The van der Waals surface area contributed by atoms with E-state index in [1.165, 1.54) is 0 Å². The fraction of sp³-hybridized carbons (Fsp3) is 0.500. The Bertz CT molecular complexity index is 423. The molecule has 1 amide bonds. The van der Waals surface area contributed by atoms with Crippen LogP contribution in [-0.2, 0) is 0 Å². The summed E-state index contributed by atoms with van der Waals surface area (Å²) in [5, 5.41) is 2.80. The maximum Gasteiger partial charge on any atom is 0.251 e. The van der Waals surface area contributed by atoms with Crippen molar-refractivity contribution < 1.29 is 14.3 Å². The molecule has 1 aromatic carbocycles. The van der Waals surface area contributed by atoms with Crippen LogP contribution in [-0.4, -0.2) is 31.0 Å². The van der Waals surface area contributed by atoms with Crippen LogP contribution in [0.4, 0.5) is 0 Å². The summed E-state index contributed by atoms with van der Waals surface area (Å²) in [5.41, 5.74) is 0.531. The van der Waals surface area contributed by atoms with Crippen LogP contribution in [0.2, 0.25) is 0 Å². The molecule has 106 valence electrons. The van der Waals surface area contributed by atoms with Gasteiger partial charge in [0.05, 0.1) is 13.2 Å². The minimum atomic E-state index is -0.169. The first-order valence-corrected chi connectivity index (χ1v) is 6.92. The Morgan fingerprint density at radius 2 is 1.89 bits per heavy atom. The van der Waals surface area contributed by atoms with Gasteiger partial charge in [-0.25, -0.2) is 0 Å². The van der Waals surface area contributed by atoms with Crippen LogP contribution in [0.25, 0.3) is 0 Å². The number of nitrogens with one attached hydrogen (secondary N) is 1. The monoisotopic (exact) mass is 285 g/mol. The number of ether oxygens (including phenoxy) is 2. The van der Waals surface area contributed by atoms with Crippen LogP contribution in [0.3, 0.4) is 0 Å². The molecule has 0 bridgehead atoms. The molecule has 1 unspecified atom stereocenters. The average molecular weight is 286 g/mol. The molecule has 0 heterocycles. The van der Waals surface area contributed by atoms with Gasteiger partial charge in [-0.15, -0.1) is 11.6 Å². The van der Waals surface area contributed by atoms with E-state index in [1.54, 1.807) is 18.2 Å². The van der Waals surface area contributed by atoms with Gasteiger partial charge in [0.1, 0.15) is 0 Å². The van der Waals surface area contributed by atoms with Crippen molar-refractivity contribution in [3.05, 3.63) is 23.8 Å². The van der Waals surface area contributed by atoms with E-state index < -0.39 is 0 Å². The molecule has 5 heteroatoms. The third kappa shape index (κ3) is 4.63. The SMILES string of the molecule is CCOc1ccc(C(=O)NC(C)CCl)cc1OCC. The van der Waals surface area contributed by atoms with E-state index in [4.69, 9.17) is 21.1 Å². The molecular formula is C14H20ClNO3. The molecule has 4 nitrogen and oxygen atoms in total. The molecule has 1 rings (SSSR count). The van der Waals surface area contributed by atoms with Gasteiger partial charge in [0.15, 0.2) is 11.5 Å². The maximum absolute atomic E-state index is 12.0. The largest absolute Gasteiger partial charge is 0.490 e. The molecule has 0 aliphatic heterocycles. The smallest absolute Gasteiger partial charge is 0.251 e. The van der Waals surface area contributed by atoms with Gasteiger partial charge in [-0.2, -0.15) is 0 Å². The molecule has 0 saturated heterocycles. The number of carbonyl (C=O) groups excluding carboxylic acids is 1. The van der Waals surface area contributed by atoms with Crippen molar-refractivity contribution >= 4 is 17.5 Å². The Morgan fingerprint density at radius 1 is 1.26 bits per heavy atom. The van der Waals surface area contributed by atoms with Gasteiger partial charge in [0.2, 0.25) is 0 Å². The van der Waals surface area contributed by atoms with Crippen LogP contribution in [0.1, 0.15) is 31.1 Å². The Labute approximate surface area is 119 Å². The highest BCUT2D eigenvalue weighted by atomic mass is 35.5. The van der Waals surface area contributed by atoms with Crippen LogP contribution in [0.15, 0.2) is 18.2 Å². The third-order valence-corrected chi connectivity index (χ3v) is 2.88. The zero-order chi connectivity index (χ0) is 14.3. The van der Waals surface area contributed by atoms with Crippen molar-refractivity contribution in [3.8, 4) is 11.5 Å². The molecule has 0 aliphatic carbocycles. The summed E-state index contributed by atoms with van der Waals surface area (Å²) < 4.78 is 10.9. The van der Waals surface area contributed by atoms with Crippen LogP contribution in [0, 0.1) is 0 Å². The van der Waals surface area contributed by atoms with E-state index in [0.717, 1.165) is 0 Å². The zero-order valence-corrected chi connectivity index (χ0v) is 12.3. The van der Waals surface area contributed by atoms with Crippen molar-refractivity contribution in [2.24, 2.45) is 0 Å². The molecule has 1 atom stereocenters. The topological polar surface area (TPSA) is 47.6 Å². The number of alkyl halides is 1. The maximum atomic E-state index is 12.0. The normalized spacial score (nSPS) is 11.8. The number of rotatable bonds is 7. The molecule has 1 aromatic rings. The van der Waals surface area contributed by atoms with E-state index in [-0.39, 0.29) is 11.9 Å². The summed E-state index contributed by atoms with van der Waals surface area (Å²) in [5.74, 6) is 1.43. The van der Waals surface area contributed by atoms with Crippen molar-refractivity contribution in [1.29, 1.82) is 0 Å². The van der Waals surface area contributed by atoms with Crippen LogP contribution < -0.4 is 14.8 Å². The highest BCUT2D eigenvalue weighted by Gasteiger charge is 2.13. The predicted molar refractivity (Wildman–Crippen MR) is 76.4 cm³/mol. The van der Waals surface area contributed by atoms with Gasteiger partial charge in [0.25, 0.3) is 5.91 Å². The van der Waals surface area contributed by atoms with Crippen molar-refractivity contribution in [3.63, 3.8) is 0 Å². The molecule has 0 fully saturated rings. The highest BCUT2D eigenvalue weighted by Crippen LogP contribution is 2.28. The molecule has 0 saturated carbocycles. The van der Waals surface area contributed by atoms with Gasteiger partial charge in [0, 0.05) is 17.5 Å². The lowest BCUT2D eigenvalue weighted by atomic mass is 10.1. The van der Waals surface area contributed by atoms with E-state index >= 15 is 0 Å². The first-order valence-electron chi connectivity index (χ1n) is 6.38. The first kappa shape index (κ1) is 15.6. The van der Waals surface area contributed by atoms with E-state index in [0.29, 0.717) is 36.2 Å². The molecule has 1 N–H and O–H groups in total. The van der Waals surface area contributed by atoms with E-state index in [2.05, 4.69) is 5.32 Å². The predicted octanol–water partition coefficient (Wildman–Crippen LogP) is 2.84. The fourth-order valence-corrected chi connectivity index (χ4v) is 1.62. The van der Waals surface area contributed by atoms with Crippen molar-refractivity contribution in [2.75, 3.05) is 19.1 Å². The third-order valence-electron chi connectivity index (χ3n) is 2.41. The second kappa shape index (κ2) is 7.89. The molecule has 19 heavy (non-hydrogen) atoms. The highest BCUT2D eigenvalue weighted by molar-refractivity contribution is 6.18. The standard InChI is InChI=1S/C14H20ClNO3/c1-4-18-12-7-6-11(8-13(12)19-5-2)14(17)16-10(3)9-15/h6-8,10H,4-5,9H2,1-3H3,(H,16,17). The van der Waals surface area contributed by atoms with E-state index in [9.17, 15) is 4.79 Å².